The van der Waals surface area contributed by atoms with E-state index in [1.54, 1.807) is 0 Å². The van der Waals surface area contributed by atoms with E-state index in [1.165, 1.54) is 11.1 Å². The minimum Gasteiger partial charge on any atom is -0.233 e. The Morgan fingerprint density at radius 2 is 1.83 bits per heavy atom. The third-order valence-electron chi connectivity index (χ3n) is 3.02. The van der Waals surface area contributed by atoms with Gasteiger partial charge in [0.25, 0.3) is 0 Å². The monoisotopic (exact) mass is 260 g/mol. The Balaban J connectivity index is 2.46. The Morgan fingerprint density at radius 3 is 2.50 bits per heavy atom. The molecule has 0 fully saturated rings. The summed E-state index contributed by atoms with van der Waals surface area (Å²) in [6.45, 7) is 6.32. The Morgan fingerprint density at radius 1 is 1.06 bits per heavy atom. The lowest BCUT2D eigenvalue weighted by Gasteiger charge is -2.06. The van der Waals surface area contributed by atoms with Crippen molar-refractivity contribution in [1.29, 1.82) is 0 Å². The van der Waals surface area contributed by atoms with Crippen LogP contribution in [0.4, 0.5) is 0 Å². The van der Waals surface area contributed by atoms with Crippen LogP contribution in [0.1, 0.15) is 30.2 Å². The van der Waals surface area contributed by atoms with Crippen LogP contribution in [-0.2, 0) is 6.42 Å². The van der Waals surface area contributed by atoms with Gasteiger partial charge in [0.15, 0.2) is 5.82 Å². The van der Waals surface area contributed by atoms with Gasteiger partial charge in [0.1, 0.15) is 5.15 Å². The summed E-state index contributed by atoms with van der Waals surface area (Å²) in [7, 11) is 0. The highest BCUT2D eigenvalue weighted by Gasteiger charge is 2.06. The van der Waals surface area contributed by atoms with E-state index >= 15 is 0 Å². The molecule has 0 spiro atoms. The van der Waals surface area contributed by atoms with Gasteiger partial charge in [-0.15, -0.1) is 0 Å². The summed E-state index contributed by atoms with van der Waals surface area (Å²) in [6, 6.07) is 8.09. The van der Waals surface area contributed by atoms with Crippen molar-refractivity contribution >= 4 is 11.6 Å². The maximum atomic E-state index is 6.06. The van der Waals surface area contributed by atoms with Gasteiger partial charge in [-0.25, -0.2) is 9.97 Å². The molecule has 2 aromatic rings. The standard InChI is InChI=1S/C15H17ClN2/c1-4-5-13-9-14(16)18-15(17-13)12-7-6-10(2)11(3)8-12/h6-9H,4-5H2,1-3H3. The average molecular weight is 261 g/mol. The first-order valence-corrected chi connectivity index (χ1v) is 6.59. The minimum atomic E-state index is 0.515. The number of hydrogen-bond acceptors (Lipinski definition) is 2. The highest BCUT2D eigenvalue weighted by Crippen LogP contribution is 2.21. The molecule has 1 aromatic heterocycles. The van der Waals surface area contributed by atoms with Crippen LogP contribution in [0.25, 0.3) is 11.4 Å². The quantitative estimate of drug-likeness (QED) is 0.766. The predicted molar refractivity (Wildman–Crippen MR) is 75.9 cm³/mol. The molecule has 0 unspecified atom stereocenters. The summed E-state index contributed by atoms with van der Waals surface area (Å²) in [5, 5.41) is 0.515. The van der Waals surface area contributed by atoms with Gasteiger partial charge in [-0.1, -0.05) is 37.1 Å². The summed E-state index contributed by atoms with van der Waals surface area (Å²) >= 11 is 6.06. The van der Waals surface area contributed by atoms with Crippen molar-refractivity contribution < 1.29 is 0 Å². The Labute approximate surface area is 113 Å². The number of halogens is 1. The molecule has 0 bridgehead atoms. The van der Waals surface area contributed by atoms with Crippen LogP contribution in [-0.4, -0.2) is 9.97 Å². The molecule has 0 aliphatic carbocycles. The molecule has 1 heterocycles. The van der Waals surface area contributed by atoms with Crippen LogP contribution in [0.15, 0.2) is 24.3 Å². The zero-order chi connectivity index (χ0) is 13.1. The Bertz CT molecular complexity index is 564. The normalized spacial score (nSPS) is 10.7. The largest absolute Gasteiger partial charge is 0.233 e. The second kappa shape index (κ2) is 5.49. The minimum absolute atomic E-state index is 0.515. The molecule has 0 saturated heterocycles. The number of nitrogens with zero attached hydrogens (tertiary/aromatic N) is 2. The second-order valence-corrected chi connectivity index (χ2v) is 4.94. The van der Waals surface area contributed by atoms with E-state index in [4.69, 9.17) is 11.6 Å². The van der Waals surface area contributed by atoms with Crippen molar-refractivity contribution in [3.8, 4) is 11.4 Å². The van der Waals surface area contributed by atoms with Crippen molar-refractivity contribution in [2.75, 3.05) is 0 Å². The third-order valence-corrected chi connectivity index (χ3v) is 3.21. The fourth-order valence-corrected chi connectivity index (χ4v) is 2.06. The molecule has 94 valence electrons. The molecule has 0 aliphatic heterocycles. The van der Waals surface area contributed by atoms with Crippen molar-refractivity contribution in [3.05, 3.63) is 46.2 Å². The molecule has 0 radical (unpaired) electrons. The second-order valence-electron chi connectivity index (χ2n) is 4.55. The molecule has 2 rings (SSSR count). The highest BCUT2D eigenvalue weighted by atomic mass is 35.5. The number of aromatic nitrogens is 2. The molecule has 0 N–H and O–H groups in total. The van der Waals surface area contributed by atoms with Crippen LogP contribution in [0.2, 0.25) is 5.15 Å². The van der Waals surface area contributed by atoms with Gasteiger partial charge >= 0.3 is 0 Å². The average Bonchev–Trinajstić information content (AvgIpc) is 2.32. The van der Waals surface area contributed by atoms with E-state index in [-0.39, 0.29) is 0 Å². The number of rotatable bonds is 3. The fraction of sp³-hybridized carbons (Fsp3) is 0.333. The lowest BCUT2D eigenvalue weighted by atomic mass is 10.1. The smallest absolute Gasteiger partial charge is 0.161 e. The van der Waals surface area contributed by atoms with Crippen LogP contribution in [0, 0.1) is 13.8 Å². The van der Waals surface area contributed by atoms with E-state index < -0.39 is 0 Å². The molecular weight excluding hydrogens is 244 g/mol. The van der Waals surface area contributed by atoms with Crippen molar-refractivity contribution in [1.82, 2.24) is 9.97 Å². The maximum Gasteiger partial charge on any atom is 0.161 e. The van der Waals surface area contributed by atoms with Crippen molar-refractivity contribution in [3.63, 3.8) is 0 Å². The predicted octanol–water partition coefficient (Wildman–Crippen LogP) is 4.37. The zero-order valence-corrected chi connectivity index (χ0v) is 11.8. The van der Waals surface area contributed by atoms with Gasteiger partial charge < -0.3 is 0 Å². The van der Waals surface area contributed by atoms with Gasteiger partial charge in [0, 0.05) is 11.3 Å². The summed E-state index contributed by atoms with van der Waals surface area (Å²) < 4.78 is 0. The molecule has 0 atom stereocenters. The number of aryl methyl sites for hydroxylation is 3. The lowest BCUT2D eigenvalue weighted by Crippen LogP contribution is -1.96. The first kappa shape index (κ1) is 13.0. The zero-order valence-electron chi connectivity index (χ0n) is 11.0. The van der Waals surface area contributed by atoms with E-state index in [0.29, 0.717) is 11.0 Å². The molecule has 3 heteroatoms. The summed E-state index contributed by atoms with van der Waals surface area (Å²) in [4.78, 5) is 8.88. The molecule has 0 aliphatic rings. The van der Waals surface area contributed by atoms with Gasteiger partial charge in [0.2, 0.25) is 0 Å². The van der Waals surface area contributed by atoms with Gasteiger partial charge in [-0.3, -0.25) is 0 Å². The van der Waals surface area contributed by atoms with Crippen LogP contribution in [0.5, 0.6) is 0 Å². The van der Waals surface area contributed by atoms with Crippen molar-refractivity contribution in [2.24, 2.45) is 0 Å². The van der Waals surface area contributed by atoms with E-state index in [2.05, 4.69) is 42.9 Å². The molecule has 0 amide bonds. The lowest BCUT2D eigenvalue weighted by molar-refractivity contribution is 0.875. The van der Waals surface area contributed by atoms with Gasteiger partial charge in [-0.05, 0) is 43.5 Å². The molecular formula is C15H17ClN2. The van der Waals surface area contributed by atoms with E-state index in [1.807, 2.05) is 12.1 Å². The maximum absolute atomic E-state index is 6.06. The summed E-state index contributed by atoms with van der Waals surface area (Å²) in [6.07, 6.45) is 1.99. The Hall–Kier alpha value is -1.41. The Kier molecular flexibility index (Phi) is 3.97. The topological polar surface area (TPSA) is 25.8 Å². The fourth-order valence-electron chi connectivity index (χ4n) is 1.86. The molecule has 2 nitrogen and oxygen atoms in total. The number of benzene rings is 1. The van der Waals surface area contributed by atoms with E-state index in [0.717, 1.165) is 24.1 Å². The third kappa shape index (κ3) is 2.88. The van der Waals surface area contributed by atoms with Crippen molar-refractivity contribution in [2.45, 2.75) is 33.6 Å². The SMILES string of the molecule is CCCc1cc(Cl)nc(-c2ccc(C)c(C)c2)n1. The van der Waals surface area contributed by atoms with Crippen LogP contribution < -0.4 is 0 Å². The highest BCUT2D eigenvalue weighted by molar-refractivity contribution is 6.29. The molecule has 1 aromatic carbocycles. The number of hydrogen-bond donors (Lipinski definition) is 0. The van der Waals surface area contributed by atoms with Crippen LogP contribution in [0.3, 0.4) is 0 Å². The first-order chi connectivity index (χ1) is 8.60. The van der Waals surface area contributed by atoms with Gasteiger partial charge in [-0.2, -0.15) is 0 Å². The molecule has 18 heavy (non-hydrogen) atoms. The van der Waals surface area contributed by atoms with Gasteiger partial charge in [0.05, 0.1) is 0 Å². The van der Waals surface area contributed by atoms with E-state index in [9.17, 15) is 0 Å². The van der Waals surface area contributed by atoms with Crippen LogP contribution >= 0.6 is 11.6 Å². The molecule has 0 saturated carbocycles. The first-order valence-electron chi connectivity index (χ1n) is 6.21. The summed E-state index contributed by atoms with van der Waals surface area (Å²) in [5.74, 6) is 0.717. The summed E-state index contributed by atoms with van der Waals surface area (Å²) in [5.41, 5.74) is 4.55.